The van der Waals surface area contributed by atoms with E-state index in [9.17, 15) is 4.79 Å². The maximum absolute atomic E-state index is 12.8. The molecule has 0 saturated carbocycles. The number of amides is 1. The van der Waals surface area contributed by atoms with E-state index >= 15 is 0 Å². The number of methoxy groups -OCH3 is 2. The number of nitrogens with one attached hydrogen (secondary N) is 1. The number of ether oxygens (including phenoxy) is 2. The van der Waals surface area contributed by atoms with E-state index in [1.165, 1.54) is 18.4 Å². The molecular weight excluding hydrogens is 426 g/mol. The molecule has 0 bridgehead atoms. The van der Waals surface area contributed by atoms with Crippen molar-refractivity contribution in [2.75, 3.05) is 19.5 Å². The number of hydrogen-bond donors (Lipinski definition) is 1. The van der Waals surface area contributed by atoms with E-state index in [2.05, 4.69) is 20.6 Å². The number of anilines is 1. The fourth-order valence-corrected chi connectivity index (χ4v) is 4.05. The number of aromatic nitrogens is 4. The van der Waals surface area contributed by atoms with Crippen molar-refractivity contribution in [3.8, 4) is 22.1 Å². The van der Waals surface area contributed by atoms with Gasteiger partial charge in [-0.3, -0.25) is 4.79 Å². The molecule has 4 rings (SSSR count). The van der Waals surface area contributed by atoms with Gasteiger partial charge in [-0.05, 0) is 36.4 Å². The van der Waals surface area contributed by atoms with Gasteiger partial charge in [0.15, 0.2) is 5.82 Å². The van der Waals surface area contributed by atoms with Gasteiger partial charge in [-0.25, -0.2) is 0 Å². The lowest BCUT2D eigenvalue weighted by atomic mass is 10.1. The predicted molar refractivity (Wildman–Crippen MR) is 116 cm³/mol. The Bertz CT molecular complexity index is 1240. The van der Waals surface area contributed by atoms with Crippen LogP contribution in [0.4, 0.5) is 5.69 Å². The van der Waals surface area contributed by atoms with Crippen LogP contribution < -0.4 is 14.8 Å². The van der Waals surface area contributed by atoms with Crippen LogP contribution in [0, 0.1) is 0 Å². The van der Waals surface area contributed by atoms with Gasteiger partial charge < -0.3 is 14.8 Å². The lowest BCUT2D eigenvalue weighted by Gasteiger charge is -2.12. The van der Waals surface area contributed by atoms with Crippen molar-refractivity contribution < 1.29 is 14.3 Å². The molecule has 154 valence electrons. The minimum Gasteiger partial charge on any atom is -0.495 e. The van der Waals surface area contributed by atoms with Crippen molar-refractivity contribution in [3.63, 3.8) is 0 Å². The molecule has 2 aromatic heterocycles. The molecule has 2 aromatic carbocycles. The Balaban J connectivity index is 1.66. The monoisotopic (exact) mass is 443 g/mol. The van der Waals surface area contributed by atoms with Gasteiger partial charge >= 0.3 is 0 Å². The summed E-state index contributed by atoms with van der Waals surface area (Å²) in [7, 11) is 3.07. The summed E-state index contributed by atoms with van der Waals surface area (Å²) in [5.74, 6) is 1.51. The van der Waals surface area contributed by atoms with Crippen molar-refractivity contribution in [3.05, 3.63) is 52.8 Å². The molecule has 1 amide bonds. The molecule has 0 aliphatic carbocycles. The molecule has 10 heteroatoms. The van der Waals surface area contributed by atoms with E-state index in [1.54, 1.807) is 35.9 Å². The Morgan fingerprint density at radius 2 is 1.90 bits per heavy atom. The molecule has 0 aliphatic heterocycles. The molecule has 0 saturated heterocycles. The van der Waals surface area contributed by atoms with Gasteiger partial charge in [0.05, 0.1) is 24.9 Å². The third-order valence-electron chi connectivity index (χ3n) is 4.48. The molecule has 0 spiro atoms. The van der Waals surface area contributed by atoms with E-state index in [0.717, 1.165) is 27.8 Å². The van der Waals surface area contributed by atoms with Crippen LogP contribution in [-0.4, -0.2) is 39.9 Å². The Morgan fingerprint density at radius 3 is 2.60 bits per heavy atom. The first-order chi connectivity index (χ1) is 14.5. The van der Waals surface area contributed by atoms with Gasteiger partial charge in [0.1, 0.15) is 16.5 Å². The Labute approximate surface area is 181 Å². The minimum atomic E-state index is -0.318. The molecule has 0 radical (unpaired) electrons. The zero-order valence-corrected chi connectivity index (χ0v) is 18.0. The quantitative estimate of drug-likeness (QED) is 0.476. The maximum Gasteiger partial charge on any atom is 0.255 e. The van der Waals surface area contributed by atoms with Crippen LogP contribution in [-0.2, 0) is 6.42 Å². The molecule has 4 aromatic rings. The van der Waals surface area contributed by atoms with Gasteiger partial charge in [-0.2, -0.15) is 9.61 Å². The number of carbonyl (C=O) groups is 1. The number of carbonyl (C=O) groups excluding carboxylic acids is 1. The number of hydrogen-bond acceptors (Lipinski definition) is 7. The third-order valence-corrected chi connectivity index (χ3v) is 5.72. The second-order valence-corrected chi connectivity index (χ2v) is 7.65. The highest BCUT2D eigenvalue weighted by Gasteiger charge is 2.16. The third kappa shape index (κ3) is 3.69. The lowest BCUT2D eigenvalue weighted by molar-refractivity contribution is 0.102. The van der Waals surface area contributed by atoms with Crippen LogP contribution in [0.15, 0.2) is 36.4 Å². The first kappa shape index (κ1) is 20.1. The smallest absolute Gasteiger partial charge is 0.255 e. The predicted octanol–water partition coefficient (Wildman–Crippen LogP) is 4.34. The summed E-state index contributed by atoms with van der Waals surface area (Å²) in [5, 5.41) is 16.9. The van der Waals surface area contributed by atoms with Gasteiger partial charge in [0, 0.05) is 17.5 Å². The number of nitrogens with zero attached hydrogens (tertiary/aromatic N) is 4. The molecule has 8 nitrogen and oxygen atoms in total. The van der Waals surface area contributed by atoms with Crippen molar-refractivity contribution in [1.29, 1.82) is 0 Å². The molecule has 0 unspecified atom stereocenters. The molecule has 0 atom stereocenters. The van der Waals surface area contributed by atoms with E-state index in [4.69, 9.17) is 21.1 Å². The second-order valence-electron chi connectivity index (χ2n) is 6.29. The Hall–Kier alpha value is -3.17. The van der Waals surface area contributed by atoms with Crippen LogP contribution in [0.1, 0.15) is 23.1 Å². The fraction of sp³-hybridized carbons (Fsp3) is 0.200. The molecule has 2 heterocycles. The average molecular weight is 444 g/mol. The molecular formula is C20H18ClN5O3S. The Kier molecular flexibility index (Phi) is 5.56. The summed E-state index contributed by atoms with van der Waals surface area (Å²) in [4.78, 5) is 13.5. The molecule has 1 N–H and O–H groups in total. The standard InChI is InChI=1S/C20H18ClN5O3S/c1-4-17-23-24-20-26(17)25-19(30-20)12-6-8-16(29-3)14(10-12)22-18(27)11-5-7-15(28-2)13(21)9-11/h5-10H,4H2,1-3H3,(H,22,27). The van der Waals surface area contributed by atoms with Gasteiger partial charge in [0.2, 0.25) is 4.96 Å². The SMILES string of the molecule is CCc1nnc2sc(-c3ccc(OC)c(NC(=O)c4ccc(OC)c(Cl)c4)c3)nn12. The highest BCUT2D eigenvalue weighted by Crippen LogP contribution is 2.33. The molecule has 0 aliphatic rings. The van der Waals surface area contributed by atoms with Crippen LogP contribution in [0.3, 0.4) is 0 Å². The lowest BCUT2D eigenvalue weighted by Crippen LogP contribution is -2.12. The van der Waals surface area contributed by atoms with Crippen LogP contribution in [0.25, 0.3) is 15.5 Å². The highest BCUT2D eigenvalue weighted by atomic mass is 35.5. The van der Waals surface area contributed by atoms with E-state index < -0.39 is 0 Å². The van der Waals surface area contributed by atoms with Crippen LogP contribution >= 0.6 is 22.9 Å². The molecule has 30 heavy (non-hydrogen) atoms. The summed E-state index contributed by atoms with van der Waals surface area (Å²) >= 11 is 7.57. The summed E-state index contributed by atoms with van der Waals surface area (Å²) in [6.45, 7) is 2.00. The maximum atomic E-state index is 12.8. The Morgan fingerprint density at radius 1 is 1.13 bits per heavy atom. The van der Waals surface area contributed by atoms with E-state index in [1.807, 2.05) is 19.1 Å². The van der Waals surface area contributed by atoms with E-state index in [0.29, 0.717) is 27.8 Å². The first-order valence-electron chi connectivity index (χ1n) is 9.08. The minimum absolute atomic E-state index is 0.318. The largest absolute Gasteiger partial charge is 0.495 e. The van der Waals surface area contributed by atoms with Gasteiger partial charge in [-0.1, -0.05) is 29.9 Å². The van der Waals surface area contributed by atoms with Crippen LogP contribution in [0.2, 0.25) is 5.02 Å². The average Bonchev–Trinajstić information content (AvgIpc) is 3.34. The van der Waals surface area contributed by atoms with E-state index in [-0.39, 0.29) is 5.91 Å². The summed E-state index contributed by atoms with van der Waals surface area (Å²) in [6.07, 6.45) is 0.735. The summed E-state index contributed by atoms with van der Waals surface area (Å²) in [5.41, 5.74) is 1.75. The van der Waals surface area contributed by atoms with Crippen LogP contribution in [0.5, 0.6) is 11.5 Å². The fourth-order valence-electron chi connectivity index (χ4n) is 2.94. The van der Waals surface area contributed by atoms with Crippen molar-refractivity contribution >= 4 is 39.5 Å². The number of fused-ring (bicyclic) bond motifs is 1. The van der Waals surface area contributed by atoms with Crippen molar-refractivity contribution in [2.45, 2.75) is 13.3 Å². The number of benzene rings is 2. The molecule has 0 fully saturated rings. The zero-order valence-electron chi connectivity index (χ0n) is 16.5. The normalized spacial score (nSPS) is 10.9. The van der Waals surface area contributed by atoms with Crippen molar-refractivity contribution in [2.24, 2.45) is 0 Å². The first-order valence-corrected chi connectivity index (χ1v) is 10.3. The van der Waals surface area contributed by atoms with Crippen molar-refractivity contribution in [1.82, 2.24) is 19.8 Å². The number of rotatable bonds is 6. The summed E-state index contributed by atoms with van der Waals surface area (Å²) in [6, 6.07) is 10.3. The summed E-state index contributed by atoms with van der Waals surface area (Å²) < 4.78 is 12.3. The zero-order chi connectivity index (χ0) is 21.3. The van der Waals surface area contributed by atoms with Gasteiger partial charge in [-0.15, -0.1) is 10.2 Å². The van der Waals surface area contributed by atoms with Gasteiger partial charge in [0.25, 0.3) is 5.91 Å². The highest BCUT2D eigenvalue weighted by molar-refractivity contribution is 7.19. The number of halogens is 1. The number of aryl methyl sites for hydroxylation is 1. The topological polar surface area (TPSA) is 90.6 Å². The second kappa shape index (κ2) is 8.29.